The summed E-state index contributed by atoms with van der Waals surface area (Å²) in [4.78, 5) is 143. The van der Waals surface area contributed by atoms with E-state index in [2.05, 4.69) is 41.4 Å². The molecule has 26 nitrogen and oxygen atoms in total. The van der Waals surface area contributed by atoms with Gasteiger partial charge in [-0.25, -0.2) is 14.8 Å². The van der Waals surface area contributed by atoms with Gasteiger partial charge in [0.15, 0.2) is 19.9 Å². The number of imidazole rings is 2. The Balaban J connectivity index is 0.000000267. The van der Waals surface area contributed by atoms with E-state index in [9.17, 15) is 83.0 Å². The number of nitrogens with one attached hydrogen (secondary N) is 2. The van der Waals surface area contributed by atoms with Gasteiger partial charge >= 0.3 is 24.5 Å². The molecule has 6 amide bonds. The quantitative estimate of drug-likeness (QED) is 0.0323. The maximum absolute atomic E-state index is 14.8. The number of carboxylic acids is 1. The zero-order valence-electron chi connectivity index (χ0n) is 79.1. The van der Waals surface area contributed by atoms with Crippen molar-refractivity contribution in [3.63, 3.8) is 0 Å². The maximum atomic E-state index is 14.8. The van der Waals surface area contributed by atoms with Crippen molar-refractivity contribution in [3.8, 4) is 45.5 Å². The number of amides is 6. The highest BCUT2D eigenvalue weighted by atomic mass is 35.5. The van der Waals surface area contributed by atoms with Crippen LogP contribution in [0.2, 0.25) is 38.2 Å². The van der Waals surface area contributed by atoms with Gasteiger partial charge in [0.1, 0.15) is 34.6 Å². The molecule has 138 heavy (non-hydrogen) atoms. The molecule has 6 aromatic carbocycles. The average Bonchev–Trinajstić information content (AvgIpc) is 1.13. The van der Waals surface area contributed by atoms with Crippen LogP contribution in [-0.4, -0.2) is 229 Å². The smallest absolute Gasteiger partial charge is 0.475 e. The molecule has 0 unspecified atom stereocenters. The number of carboxylic acid groups (broad SMARTS) is 1. The molecule has 4 aliphatic heterocycles. The summed E-state index contributed by atoms with van der Waals surface area (Å²) >= 11 is 25.3. The molecule has 0 saturated carbocycles. The van der Waals surface area contributed by atoms with Crippen LogP contribution in [0.25, 0.3) is 22.5 Å². The lowest BCUT2D eigenvalue weighted by atomic mass is 9.81. The number of hydrogen-bond acceptors (Lipinski definition) is 17. The number of carbonyl (C=O) groups excluding carboxylic acids is 8. The first-order valence-electron chi connectivity index (χ1n) is 45.0. The molecule has 0 spiro atoms. The normalized spacial score (nSPS) is 21.1. The summed E-state index contributed by atoms with van der Waals surface area (Å²) in [5.41, 5.74) is 3.57. The Bertz CT molecular complexity index is 5630. The molecule has 0 aliphatic carbocycles. The van der Waals surface area contributed by atoms with Crippen molar-refractivity contribution in [2.75, 3.05) is 67.6 Å². The molecule has 0 radical (unpaired) electrons. The minimum absolute atomic E-state index is 0.0894. The number of aliphatic carboxylic acids is 1. The Kier molecular flexibility index (Phi) is 36.8. The molecule has 8 aromatic rings. The lowest BCUT2D eigenvalue weighted by molar-refractivity contribution is -0.192. The van der Waals surface area contributed by atoms with E-state index in [-0.39, 0.29) is 81.7 Å². The van der Waals surface area contributed by atoms with E-state index in [1.165, 1.54) is 34.6 Å². The van der Waals surface area contributed by atoms with E-state index in [1.807, 2.05) is 98.6 Å². The van der Waals surface area contributed by atoms with Crippen LogP contribution in [0.3, 0.4) is 0 Å². The van der Waals surface area contributed by atoms with E-state index < -0.39 is 165 Å². The Morgan fingerprint density at radius 2 is 0.877 bits per heavy atom. The van der Waals surface area contributed by atoms with Gasteiger partial charge in [-0.2, -0.15) is 39.5 Å². The number of ketones is 2. The van der Waals surface area contributed by atoms with Crippen LogP contribution in [0.15, 0.2) is 146 Å². The second-order valence-electron chi connectivity index (χ2n) is 38.0. The van der Waals surface area contributed by atoms with Crippen LogP contribution in [0.1, 0.15) is 133 Å². The fourth-order valence-corrected chi connectivity index (χ4v) is 18.6. The Labute approximate surface area is 817 Å². The zero-order valence-corrected chi connectivity index (χ0v) is 83.1. The monoisotopic (exact) mass is 2020 g/mol. The van der Waals surface area contributed by atoms with Crippen LogP contribution in [0.5, 0.6) is 23.0 Å². The van der Waals surface area contributed by atoms with Gasteiger partial charge in [0.2, 0.25) is 35.4 Å². The highest BCUT2D eigenvalue weighted by Crippen LogP contribution is 2.42. The Hall–Kier alpha value is -10.4. The third kappa shape index (κ3) is 30.1. The summed E-state index contributed by atoms with van der Waals surface area (Å²) in [6.45, 7) is 13.1. The van der Waals surface area contributed by atoms with Gasteiger partial charge in [0, 0.05) is 115 Å². The highest BCUT2D eigenvalue weighted by Gasteiger charge is 2.50. The molecule has 6 heterocycles. The van der Waals surface area contributed by atoms with E-state index in [4.69, 9.17) is 70.2 Å². The van der Waals surface area contributed by atoms with Crippen molar-refractivity contribution in [1.82, 2.24) is 59.1 Å². The summed E-state index contributed by atoms with van der Waals surface area (Å²) < 4.78 is 141. The number of hydrogen-bond donors (Lipinski definition) is 4. The van der Waals surface area contributed by atoms with E-state index >= 15 is 0 Å². The van der Waals surface area contributed by atoms with E-state index in [0.29, 0.717) is 81.5 Å². The second kappa shape index (κ2) is 46.3. The standard InChI is InChI=1S/C51H65Cl2F3N6O6Si.C45H51Cl2F3N6O6.C2HF3O2/c1-33-43(63)23-38(31-67-69(8,9)49(2,3)4)47(65)58-50(26-34-11-16-39(52)17-12-34)21-10-22-61(32-50)48(66)37(27-51(54,55)56)24-46(64)62(33)29-36-13-18-40(53)25-44(36)68-41-19-14-35(15-20-41)42-28-57-45(60(42)7)30-59(5)6;1-28-38(58)18-33(26-57)42(60)52-44(21-29-6-11-34(46)12-7-29)16-5-17-55(27-44)43(61)32(22-45(48,49)50)19-41(59)56(28)24-31-8-13-35(47)20-39(31)62-36-14-9-30(10-15-36)37-23-51-40(54(37)4)25-53(2)3;3-2(4,5)1(6)7/h11-20,25,28,33,37-38H,10,21-24,26-27,29-32H2,1-9H3,(H,58,65);6-15,20,23,28,32-33,57H,5,16-19,21-22,24-27H2,1-4H3,(H,52,60);(H,6,7)/t33-,37-,38-,50+;28-,32-,33-,44+;/m00./s1. The summed E-state index contributed by atoms with van der Waals surface area (Å²) in [5.74, 6) is -11.3. The lowest BCUT2D eigenvalue weighted by Crippen LogP contribution is -2.63. The number of aromatic nitrogens is 4. The summed E-state index contributed by atoms with van der Waals surface area (Å²) in [6, 6.07) is 35.2. The van der Waals surface area contributed by atoms with Crippen molar-refractivity contribution >= 4 is 108 Å². The van der Waals surface area contributed by atoms with E-state index in [0.717, 1.165) is 50.2 Å². The average molecular weight is 2030 g/mol. The molecule has 4 bridgehead atoms. The number of Topliss-reactive ketones (excluding diaryl/α,β-unsaturated/α-hetero) is 2. The largest absolute Gasteiger partial charge is 0.490 e. The van der Waals surface area contributed by atoms with Gasteiger partial charge in [-0.05, 0) is 207 Å². The molecule has 40 heteroatoms. The molecule has 8 atom stereocenters. The number of piperidine rings is 2. The number of carbonyl (C=O) groups is 9. The van der Waals surface area contributed by atoms with Gasteiger partial charge in [-0.1, -0.05) is 104 Å². The number of halogens is 13. The van der Waals surface area contributed by atoms with Crippen LogP contribution >= 0.6 is 46.4 Å². The first-order chi connectivity index (χ1) is 64.5. The third-order valence-electron chi connectivity index (χ3n) is 25.6. The molecule has 12 rings (SSSR count). The van der Waals surface area contributed by atoms with Gasteiger partial charge in [-0.3, -0.25) is 38.4 Å². The number of alkyl halides is 9. The fraction of sp³-hybridized carbons (Fsp3) is 0.480. The third-order valence-corrected chi connectivity index (χ3v) is 31.1. The zero-order chi connectivity index (χ0) is 102. The van der Waals surface area contributed by atoms with Crippen molar-refractivity contribution in [3.05, 3.63) is 200 Å². The van der Waals surface area contributed by atoms with Crippen LogP contribution in [0, 0.1) is 23.7 Å². The predicted molar refractivity (Wildman–Crippen MR) is 507 cm³/mol. The molecule has 4 N–H and O–H groups in total. The Morgan fingerprint density at radius 1 is 0.522 bits per heavy atom. The predicted octanol–water partition coefficient (Wildman–Crippen LogP) is 18.1. The van der Waals surface area contributed by atoms with Crippen molar-refractivity contribution in [2.24, 2.45) is 37.8 Å². The van der Waals surface area contributed by atoms with Crippen LogP contribution in [-0.2, 0) is 101 Å². The molecule has 4 saturated heterocycles. The molecule has 4 fully saturated rings. The van der Waals surface area contributed by atoms with Gasteiger partial charge < -0.3 is 73.3 Å². The molecule has 4 aliphatic rings. The number of ether oxygens (including phenoxy) is 2. The molecular weight excluding hydrogens is 1910 g/mol. The van der Waals surface area contributed by atoms with Crippen molar-refractivity contribution in [2.45, 2.75) is 198 Å². The Morgan fingerprint density at radius 3 is 1.22 bits per heavy atom. The molecule has 748 valence electrons. The minimum atomic E-state index is -5.08. The van der Waals surface area contributed by atoms with Crippen LogP contribution < -0.4 is 20.1 Å². The van der Waals surface area contributed by atoms with Crippen molar-refractivity contribution in [1.29, 1.82) is 0 Å². The number of aliphatic hydroxyl groups is 1. The molecule has 2 aromatic heterocycles. The number of nitrogens with zero attached hydrogens (tertiary/aromatic N) is 10. The molecular formula is C98H117Cl4F9N12O14Si. The summed E-state index contributed by atoms with van der Waals surface area (Å²) in [7, 11) is 9.25. The number of benzene rings is 6. The second-order valence-corrected chi connectivity index (χ2v) is 44.5. The number of aliphatic hydroxyl groups excluding tert-OH is 1. The lowest BCUT2D eigenvalue weighted by Gasteiger charge is -2.45. The SMILES string of the molecule is C[C@H]1C(=O)C[C@@H](CO)C(=O)N[C@@]2(Cc3ccc(Cl)cc3)CCCN(C2)C(=O)[C@H](CC(F)(F)F)CC(=O)N1Cc1ccc(Cl)cc1Oc1ccc(-c2cnc(CN(C)C)n2C)cc1.C[C@H]1C(=O)C[C@@H](CO[Si](C)(C)C(C)(C)C)C(=O)N[C@@]2(Cc3ccc(Cl)cc3)CCCN(C2)C(=O)[C@H](CC(F)(F)F)CC(=O)N1Cc1ccc(Cl)cc1Oc1ccc(-c2cnc(CN(C)C)n2C)cc1.O=C(O)C(F)(F)F. The topological polar surface area (TPSA) is 301 Å². The number of fused-ring (bicyclic) bond motifs is 4. The number of rotatable bonds is 24. The van der Waals surface area contributed by atoms with Crippen LogP contribution in [0.4, 0.5) is 39.5 Å². The minimum Gasteiger partial charge on any atom is -0.475 e. The maximum Gasteiger partial charge on any atom is 0.490 e. The van der Waals surface area contributed by atoms with Gasteiger partial charge in [0.05, 0.1) is 116 Å². The summed E-state index contributed by atoms with van der Waals surface area (Å²) in [5, 5.41) is 25.2. The fourth-order valence-electron chi connectivity index (χ4n) is 17.0. The van der Waals surface area contributed by atoms with Gasteiger partial charge in [0.25, 0.3) is 0 Å². The first kappa shape index (κ1) is 110. The van der Waals surface area contributed by atoms with E-state index in [1.54, 1.807) is 116 Å². The van der Waals surface area contributed by atoms with Crippen molar-refractivity contribution < 1.29 is 107 Å². The highest BCUT2D eigenvalue weighted by molar-refractivity contribution is 6.74. The summed E-state index contributed by atoms with van der Waals surface area (Å²) in [6.07, 6.45) is -14.8. The first-order valence-corrected chi connectivity index (χ1v) is 49.4. The van der Waals surface area contributed by atoms with Gasteiger partial charge in [-0.15, -0.1) is 0 Å².